The summed E-state index contributed by atoms with van der Waals surface area (Å²) < 4.78 is 18.1. The quantitative estimate of drug-likeness (QED) is 0.429. The van der Waals surface area contributed by atoms with Gasteiger partial charge in [0.1, 0.15) is 5.52 Å². The Bertz CT molecular complexity index is 1250. The number of amides is 1. The highest BCUT2D eigenvalue weighted by molar-refractivity contribution is 7.24. The summed E-state index contributed by atoms with van der Waals surface area (Å²) in [6, 6.07) is 7.50. The molecule has 2 heterocycles. The van der Waals surface area contributed by atoms with Gasteiger partial charge in [-0.3, -0.25) is 10.1 Å². The summed E-state index contributed by atoms with van der Waals surface area (Å²) in [5, 5.41) is 4.36. The second kappa shape index (κ2) is 8.29. The smallest absolute Gasteiger partial charge is 0.250 e. The lowest BCUT2D eigenvalue weighted by Gasteiger charge is -2.12. The minimum atomic E-state index is -0.284. The first-order chi connectivity index (χ1) is 14.5. The second-order valence-electron chi connectivity index (χ2n) is 6.29. The number of carbonyl (C=O) groups is 1. The molecular formula is C21H19N3O4S2. The van der Waals surface area contributed by atoms with Gasteiger partial charge in [-0.2, -0.15) is 0 Å². The molecule has 2 aromatic carbocycles. The van der Waals surface area contributed by atoms with Gasteiger partial charge in [0.2, 0.25) is 11.7 Å². The van der Waals surface area contributed by atoms with Gasteiger partial charge in [-0.05, 0) is 42.8 Å². The van der Waals surface area contributed by atoms with Crippen LogP contribution in [-0.4, -0.2) is 37.2 Å². The molecule has 9 heteroatoms. The fourth-order valence-corrected chi connectivity index (χ4v) is 4.92. The number of hydrogen-bond acceptors (Lipinski definition) is 8. The maximum atomic E-state index is 12.4. The fourth-order valence-electron chi connectivity index (χ4n) is 3.06. The first kappa shape index (κ1) is 20.1. The van der Waals surface area contributed by atoms with E-state index in [1.165, 1.54) is 17.4 Å². The van der Waals surface area contributed by atoms with Gasteiger partial charge < -0.3 is 14.2 Å². The third-order valence-electron chi connectivity index (χ3n) is 4.37. The zero-order valence-corrected chi connectivity index (χ0v) is 18.4. The van der Waals surface area contributed by atoms with Crippen LogP contribution in [0.1, 0.15) is 10.6 Å². The van der Waals surface area contributed by atoms with Gasteiger partial charge in [0.15, 0.2) is 16.6 Å². The number of anilines is 1. The number of aryl methyl sites for hydroxylation is 1. The second-order valence-corrected chi connectivity index (χ2v) is 8.53. The number of methoxy groups -OCH3 is 3. The zero-order chi connectivity index (χ0) is 21.3. The Kier molecular flexibility index (Phi) is 5.56. The molecule has 1 amide bonds. The van der Waals surface area contributed by atoms with E-state index in [2.05, 4.69) is 15.3 Å². The van der Waals surface area contributed by atoms with Gasteiger partial charge >= 0.3 is 0 Å². The van der Waals surface area contributed by atoms with Crippen molar-refractivity contribution < 1.29 is 19.0 Å². The molecule has 0 fully saturated rings. The van der Waals surface area contributed by atoms with E-state index in [0.29, 0.717) is 22.4 Å². The Hall–Kier alpha value is -3.17. The highest BCUT2D eigenvalue weighted by Gasteiger charge is 2.13. The Morgan fingerprint density at radius 2 is 1.77 bits per heavy atom. The highest BCUT2D eigenvalue weighted by atomic mass is 32.1. The molecule has 4 rings (SSSR count). The lowest BCUT2D eigenvalue weighted by Crippen LogP contribution is -2.07. The molecule has 0 saturated heterocycles. The fraction of sp³-hybridized carbons (Fsp3) is 0.190. The summed E-state index contributed by atoms with van der Waals surface area (Å²) in [5.41, 5.74) is 2.49. The first-order valence-corrected chi connectivity index (χ1v) is 10.6. The van der Waals surface area contributed by atoms with Crippen molar-refractivity contribution >= 4 is 60.2 Å². The summed E-state index contributed by atoms with van der Waals surface area (Å²) >= 11 is 3.06. The Morgan fingerprint density at radius 1 is 1.03 bits per heavy atom. The standard InChI is InChI=1S/C21H19N3O4S2/c1-11-22-18-16(29-11)7-6-13-20(18)30-21(23-13)24-17(25)8-5-12-9-14(26-2)19(28-4)15(10-12)27-3/h5-10H,1-4H3,(H,23,24,25)/b8-5+. The summed E-state index contributed by atoms with van der Waals surface area (Å²) in [5.74, 6) is 1.25. The third-order valence-corrected chi connectivity index (χ3v) is 6.30. The number of nitrogens with one attached hydrogen (secondary N) is 1. The molecule has 2 aromatic heterocycles. The average Bonchev–Trinajstić information content (AvgIpc) is 3.33. The molecule has 0 aliphatic rings. The number of rotatable bonds is 6. The molecule has 0 saturated carbocycles. The topological polar surface area (TPSA) is 82.6 Å². The largest absolute Gasteiger partial charge is 0.493 e. The summed E-state index contributed by atoms with van der Waals surface area (Å²) in [7, 11) is 4.64. The average molecular weight is 442 g/mol. The molecular weight excluding hydrogens is 422 g/mol. The van der Waals surface area contributed by atoms with E-state index in [1.807, 2.05) is 19.1 Å². The molecule has 0 bridgehead atoms. The molecule has 1 N–H and O–H groups in total. The number of fused-ring (bicyclic) bond motifs is 3. The van der Waals surface area contributed by atoms with Crippen LogP contribution in [0.4, 0.5) is 5.13 Å². The predicted octanol–water partition coefficient (Wildman–Crippen LogP) is 4.89. The normalized spacial score (nSPS) is 11.3. The Labute approximate surface area is 180 Å². The molecule has 0 spiro atoms. The van der Waals surface area contributed by atoms with Crippen LogP contribution in [0, 0.1) is 6.92 Å². The van der Waals surface area contributed by atoms with Gasteiger partial charge in [0.25, 0.3) is 0 Å². The van der Waals surface area contributed by atoms with Crippen molar-refractivity contribution in [1.29, 1.82) is 0 Å². The summed E-state index contributed by atoms with van der Waals surface area (Å²) in [6.45, 7) is 1.98. The maximum Gasteiger partial charge on any atom is 0.250 e. The van der Waals surface area contributed by atoms with Crippen LogP contribution in [0.2, 0.25) is 0 Å². The van der Waals surface area contributed by atoms with Crippen LogP contribution in [0.15, 0.2) is 30.3 Å². The van der Waals surface area contributed by atoms with Crippen molar-refractivity contribution in [3.63, 3.8) is 0 Å². The van der Waals surface area contributed by atoms with E-state index < -0.39 is 0 Å². The van der Waals surface area contributed by atoms with Crippen LogP contribution in [-0.2, 0) is 4.79 Å². The summed E-state index contributed by atoms with van der Waals surface area (Å²) in [4.78, 5) is 21.5. The van der Waals surface area contributed by atoms with E-state index in [0.717, 1.165) is 31.0 Å². The number of ether oxygens (including phenoxy) is 3. The lowest BCUT2D eigenvalue weighted by atomic mass is 10.1. The van der Waals surface area contributed by atoms with E-state index in [9.17, 15) is 4.79 Å². The van der Waals surface area contributed by atoms with Gasteiger partial charge in [-0.1, -0.05) is 11.3 Å². The predicted molar refractivity (Wildman–Crippen MR) is 121 cm³/mol. The number of carbonyl (C=O) groups excluding carboxylic acids is 1. The molecule has 7 nitrogen and oxygen atoms in total. The van der Waals surface area contributed by atoms with Crippen molar-refractivity contribution in [1.82, 2.24) is 9.97 Å². The van der Waals surface area contributed by atoms with Crippen molar-refractivity contribution in [3.8, 4) is 17.2 Å². The van der Waals surface area contributed by atoms with Crippen LogP contribution in [0.25, 0.3) is 26.5 Å². The molecule has 0 atom stereocenters. The highest BCUT2D eigenvalue weighted by Crippen LogP contribution is 2.38. The van der Waals surface area contributed by atoms with Crippen LogP contribution in [0.5, 0.6) is 17.2 Å². The molecule has 0 unspecified atom stereocenters. The van der Waals surface area contributed by atoms with Crippen molar-refractivity contribution in [2.75, 3.05) is 26.6 Å². The number of thiazole rings is 2. The third kappa shape index (κ3) is 3.81. The van der Waals surface area contributed by atoms with E-state index >= 15 is 0 Å². The molecule has 0 aliphatic carbocycles. The maximum absolute atomic E-state index is 12.4. The van der Waals surface area contributed by atoms with Crippen molar-refractivity contribution in [3.05, 3.63) is 40.9 Å². The van der Waals surface area contributed by atoms with Gasteiger partial charge in [0, 0.05) is 6.08 Å². The number of aromatic nitrogens is 2. The van der Waals surface area contributed by atoms with Crippen LogP contribution in [0.3, 0.4) is 0 Å². The molecule has 4 aromatic rings. The lowest BCUT2D eigenvalue weighted by molar-refractivity contribution is -0.111. The number of hydrogen-bond donors (Lipinski definition) is 1. The first-order valence-electron chi connectivity index (χ1n) is 8.98. The van der Waals surface area contributed by atoms with E-state index in [1.54, 1.807) is 50.9 Å². The van der Waals surface area contributed by atoms with E-state index in [-0.39, 0.29) is 5.91 Å². The minimum absolute atomic E-state index is 0.284. The molecule has 0 radical (unpaired) electrons. The Balaban J connectivity index is 1.56. The van der Waals surface area contributed by atoms with E-state index in [4.69, 9.17) is 14.2 Å². The van der Waals surface area contributed by atoms with Gasteiger partial charge in [-0.25, -0.2) is 9.97 Å². The zero-order valence-electron chi connectivity index (χ0n) is 16.8. The van der Waals surface area contributed by atoms with Crippen molar-refractivity contribution in [2.24, 2.45) is 0 Å². The van der Waals surface area contributed by atoms with Crippen LogP contribution >= 0.6 is 22.7 Å². The minimum Gasteiger partial charge on any atom is -0.493 e. The number of benzene rings is 2. The molecule has 0 aliphatic heterocycles. The van der Waals surface area contributed by atoms with Crippen molar-refractivity contribution in [2.45, 2.75) is 6.92 Å². The SMILES string of the molecule is COc1cc(/C=C/C(=O)Nc2nc3ccc4sc(C)nc4c3s2)cc(OC)c1OC. The van der Waals surface area contributed by atoms with Gasteiger partial charge in [-0.15, -0.1) is 11.3 Å². The molecule has 154 valence electrons. The number of nitrogens with zero attached hydrogens (tertiary/aromatic N) is 2. The van der Waals surface area contributed by atoms with Crippen LogP contribution < -0.4 is 19.5 Å². The summed E-state index contributed by atoms with van der Waals surface area (Å²) in [6.07, 6.45) is 3.12. The molecule has 30 heavy (non-hydrogen) atoms. The Morgan fingerprint density at radius 3 is 2.43 bits per heavy atom. The van der Waals surface area contributed by atoms with Gasteiger partial charge in [0.05, 0.1) is 41.3 Å². The monoisotopic (exact) mass is 441 g/mol.